The van der Waals surface area contributed by atoms with E-state index in [2.05, 4.69) is 5.32 Å². The Morgan fingerprint density at radius 2 is 1.46 bits per heavy atom. The molecule has 1 unspecified atom stereocenters. The molecule has 0 saturated heterocycles. The molecule has 0 aromatic heterocycles. The van der Waals surface area contributed by atoms with Crippen molar-refractivity contribution in [3.8, 4) is 0 Å². The largest absolute Gasteiger partial charge is 0.480 e. The standard InChI is InChI=1S/C20H23NO3/c1-14(15-10-6-4-7-11-15)21-17(19(23)24)20(2,3)18(22)16-12-8-5-9-13-16/h4-14,17,21H,1-3H3,(H,23,24)/t14-,17?/m0/s1. The van der Waals surface area contributed by atoms with Crippen molar-refractivity contribution < 1.29 is 14.7 Å². The fourth-order valence-electron chi connectivity index (χ4n) is 2.77. The zero-order chi connectivity index (χ0) is 17.7. The Kier molecular flexibility index (Phi) is 5.52. The molecule has 126 valence electrons. The minimum absolute atomic E-state index is 0.185. The number of hydrogen-bond acceptors (Lipinski definition) is 3. The number of carboxylic acids is 1. The lowest BCUT2D eigenvalue weighted by atomic mass is 9.77. The maximum absolute atomic E-state index is 12.8. The van der Waals surface area contributed by atoms with Crippen molar-refractivity contribution >= 4 is 11.8 Å². The fourth-order valence-corrected chi connectivity index (χ4v) is 2.77. The molecule has 2 atom stereocenters. The van der Waals surface area contributed by atoms with Gasteiger partial charge >= 0.3 is 5.97 Å². The van der Waals surface area contributed by atoms with Crippen molar-refractivity contribution in [2.45, 2.75) is 32.9 Å². The monoisotopic (exact) mass is 325 g/mol. The molecule has 4 nitrogen and oxygen atoms in total. The fraction of sp³-hybridized carbons (Fsp3) is 0.300. The third kappa shape index (κ3) is 3.89. The van der Waals surface area contributed by atoms with E-state index in [4.69, 9.17) is 0 Å². The number of aliphatic carboxylic acids is 1. The zero-order valence-electron chi connectivity index (χ0n) is 14.2. The Labute approximate surface area is 142 Å². The summed E-state index contributed by atoms with van der Waals surface area (Å²) in [4.78, 5) is 24.7. The molecular formula is C20H23NO3. The predicted octanol–water partition coefficient (Wildman–Crippen LogP) is 3.70. The van der Waals surface area contributed by atoms with E-state index in [9.17, 15) is 14.7 Å². The number of benzene rings is 2. The summed E-state index contributed by atoms with van der Waals surface area (Å²) in [6.45, 7) is 5.24. The summed E-state index contributed by atoms with van der Waals surface area (Å²) in [6.07, 6.45) is 0. The highest BCUT2D eigenvalue weighted by atomic mass is 16.4. The number of Topliss-reactive ketones (excluding diaryl/α,β-unsaturated/α-hetero) is 1. The van der Waals surface area contributed by atoms with E-state index >= 15 is 0 Å². The van der Waals surface area contributed by atoms with Gasteiger partial charge in [0.2, 0.25) is 0 Å². The number of nitrogens with one attached hydrogen (secondary N) is 1. The molecule has 2 rings (SSSR count). The minimum Gasteiger partial charge on any atom is -0.480 e. The van der Waals surface area contributed by atoms with E-state index in [-0.39, 0.29) is 11.8 Å². The number of carboxylic acid groups (broad SMARTS) is 1. The van der Waals surface area contributed by atoms with Gasteiger partial charge in [0.25, 0.3) is 0 Å². The number of carbonyl (C=O) groups excluding carboxylic acids is 1. The molecule has 24 heavy (non-hydrogen) atoms. The first-order chi connectivity index (χ1) is 11.3. The van der Waals surface area contributed by atoms with Crippen LogP contribution in [0, 0.1) is 5.41 Å². The molecule has 0 aliphatic heterocycles. The van der Waals surface area contributed by atoms with Crippen molar-refractivity contribution in [2.24, 2.45) is 5.41 Å². The lowest BCUT2D eigenvalue weighted by molar-refractivity contribution is -0.142. The van der Waals surface area contributed by atoms with Crippen LogP contribution in [0.2, 0.25) is 0 Å². The molecular weight excluding hydrogens is 302 g/mol. The van der Waals surface area contributed by atoms with Gasteiger partial charge in [-0.25, -0.2) is 0 Å². The van der Waals surface area contributed by atoms with Crippen LogP contribution in [0.4, 0.5) is 0 Å². The van der Waals surface area contributed by atoms with Crippen LogP contribution in [0.3, 0.4) is 0 Å². The third-order valence-corrected chi connectivity index (χ3v) is 4.31. The van der Waals surface area contributed by atoms with Gasteiger partial charge in [0.15, 0.2) is 5.78 Å². The lowest BCUT2D eigenvalue weighted by Gasteiger charge is -2.33. The Bertz CT molecular complexity index is 695. The van der Waals surface area contributed by atoms with Crippen molar-refractivity contribution in [3.63, 3.8) is 0 Å². The van der Waals surface area contributed by atoms with E-state index in [0.717, 1.165) is 5.56 Å². The minimum atomic E-state index is -1.09. The van der Waals surface area contributed by atoms with Gasteiger partial charge in [0, 0.05) is 11.6 Å². The van der Waals surface area contributed by atoms with Crippen LogP contribution in [0.5, 0.6) is 0 Å². The molecule has 0 amide bonds. The summed E-state index contributed by atoms with van der Waals surface area (Å²) in [5, 5.41) is 12.8. The summed E-state index contributed by atoms with van der Waals surface area (Å²) >= 11 is 0. The Morgan fingerprint density at radius 3 is 1.96 bits per heavy atom. The SMILES string of the molecule is C[C@H](NC(C(=O)O)C(C)(C)C(=O)c1ccccc1)c1ccccc1. The first-order valence-corrected chi connectivity index (χ1v) is 7.97. The van der Waals surface area contributed by atoms with Crippen LogP contribution in [0.15, 0.2) is 60.7 Å². The van der Waals surface area contributed by atoms with Gasteiger partial charge in [-0.3, -0.25) is 14.9 Å². The van der Waals surface area contributed by atoms with Crippen LogP contribution >= 0.6 is 0 Å². The van der Waals surface area contributed by atoms with Gasteiger partial charge in [0.1, 0.15) is 6.04 Å². The molecule has 0 bridgehead atoms. The van der Waals surface area contributed by atoms with E-state index in [1.165, 1.54) is 0 Å². The topological polar surface area (TPSA) is 66.4 Å². The smallest absolute Gasteiger partial charge is 0.321 e. The second-order valence-electron chi connectivity index (χ2n) is 6.49. The molecule has 0 heterocycles. The summed E-state index contributed by atoms with van der Waals surface area (Å²) in [7, 11) is 0. The summed E-state index contributed by atoms with van der Waals surface area (Å²) in [6, 6.07) is 17.2. The van der Waals surface area contributed by atoms with Crippen LogP contribution in [-0.4, -0.2) is 22.9 Å². The Balaban J connectivity index is 2.26. The molecule has 2 aromatic carbocycles. The summed E-state index contributed by atoms with van der Waals surface area (Å²) < 4.78 is 0. The van der Waals surface area contributed by atoms with Crippen LogP contribution in [0.1, 0.15) is 42.7 Å². The Morgan fingerprint density at radius 1 is 0.958 bits per heavy atom. The highest BCUT2D eigenvalue weighted by Crippen LogP contribution is 2.28. The number of ketones is 1. The number of rotatable bonds is 7. The molecule has 2 N–H and O–H groups in total. The van der Waals surface area contributed by atoms with E-state index in [0.29, 0.717) is 5.56 Å². The molecule has 0 aliphatic rings. The number of hydrogen-bond donors (Lipinski definition) is 2. The molecule has 0 fully saturated rings. The van der Waals surface area contributed by atoms with Gasteiger partial charge < -0.3 is 5.11 Å². The molecule has 4 heteroatoms. The van der Waals surface area contributed by atoms with Crippen molar-refractivity contribution in [1.29, 1.82) is 0 Å². The quantitative estimate of drug-likeness (QED) is 0.762. The summed E-state index contributed by atoms with van der Waals surface area (Å²) in [5.41, 5.74) is 0.408. The highest BCUT2D eigenvalue weighted by Gasteiger charge is 2.42. The number of carbonyl (C=O) groups is 2. The highest BCUT2D eigenvalue weighted by molar-refractivity contribution is 6.03. The predicted molar refractivity (Wildman–Crippen MR) is 94.0 cm³/mol. The van der Waals surface area contributed by atoms with Crippen LogP contribution in [0.25, 0.3) is 0 Å². The molecule has 0 radical (unpaired) electrons. The molecule has 0 spiro atoms. The first-order valence-electron chi connectivity index (χ1n) is 7.97. The van der Waals surface area contributed by atoms with Crippen molar-refractivity contribution in [2.75, 3.05) is 0 Å². The van der Waals surface area contributed by atoms with Gasteiger partial charge in [-0.05, 0) is 12.5 Å². The average molecular weight is 325 g/mol. The third-order valence-electron chi connectivity index (χ3n) is 4.31. The van der Waals surface area contributed by atoms with Gasteiger partial charge in [-0.2, -0.15) is 0 Å². The van der Waals surface area contributed by atoms with Crippen LogP contribution in [-0.2, 0) is 4.79 Å². The maximum atomic E-state index is 12.8. The van der Waals surface area contributed by atoms with Gasteiger partial charge in [-0.1, -0.05) is 74.5 Å². The molecule has 2 aromatic rings. The Hall–Kier alpha value is -2.46. The maximum Gasteiger partial charge on any atom is 0.321 e. The van der Waals surface area contributed by atoms with Gasteiger partial charge in [0.05, 0.1) is 5.41 Å². The second kappa shape index (κ2) is 7.41. The van der Waals surface area contributed by atoms with Crippen molar-refractivity contribution in [1.82, 2.24) is 5.32 Å². The molecule has 0 aliphatic carbocycles. The van der Waals surface area contributed by atoms with Crippen molar-refractivity contribution in [3.05, 3.63) is 71.8 Å². The second-order valence-corrected chi connectivity index (χ2v) is 6.49. The van der Waals surface area contributed by atoms with E-state index in [1.807, 2.05) is 43.3 Å². The molecule has 0 saturated carbocycles. The van der Waals surface area contributed by atoms with Gasteiger partial charge in [-0.15, -0.1) is 0 Å². The first kappa shape index (κ1) is 17.9. The zero-order valence-corrected chi connectivity index (χ0v) is 14.2. The van der Waals surface area contributed by atoms with E-state index in [1.54, 1.807) is 38.1 Å². The van der Waals surface area contributed by atoms with Crippen LogP contribution < -0.4 is 5.32 Å². The normalized spacial score (nSPS) is 14.0. The summed E-state index contributed by atoms with van der Waals surface area (Å²) in [5.74, 6) is -1.23. The lowest BCUT2D eigenvalue weighted by Crippen LogP contribution is -2.52. The van der Waals surface area contributed by atoms with E-state index < -0.39 is 17.4 Å². The average Bonchev–Trinajstić information content (AvgIpc) is 2.59.